The zero-order valence-electron chi connectivity index (χ0n) is 14.2. The van der Waals surface area contributed by atoms with Crippen LogP contribution in [0.15, 0.2) is 18.2 Å². The van der Waals surface area contributed by atoms with Crippen molar-refractivity contribution in [2.75, 3.05) is 18.4 Å². The molecule has 4 N–H and O–H groups in total. The lowest BCUT2D eigenvalue weighted by Crippen LogP contribution is -2.29. The third kappa shape index (κ3) is 2.95. The highest BCUT2D eigenvalue weighted by Crippen LogP contribution is 2.29. The normalized spacial score (nSPS) is 14.3. The summed E-state index contributed by atoms with van der Waals surface area (Å²) < 4.78 is 0. The fourth-order valence-corrected chi connectivity index (χ4v) is 4.11. The predicted molar refractivity (Wildman–Crippen MR) is 99.3 cm³/mol. The average molecular weight is 370 g/mol. The number of H-pyrrole nitrogens is 1. The summed E-state index contributed by atoms with van der Waals surface area (Å²) in [4.78, 5) is 39.1. The molecule has 3 heterocycles. The van der Waals surface area contributed by atoms with Gasteiger partial charge in [-0.2, -0.15) is 0 Å². The molecule has 1 aromatic carbocycles. The minimum absolute atomic E-state index is 0.0321. The van der Waals surface area contributed by atoms with Crippen LogP contribution in [-0.4, -0.2) is 44.8 Å². The summed E-state index contributed by atoms with van der Waals surface area (Å²) in [5.41, 5.74) is 7.69. The van der Waals surface area contributed by atoms with E-state index in [4.69, 9.17) is 5.73 Å². The summed E-state index contributed by atoms with van der Waals surface area (Å²) in [6.45, 7) is 5.00. The number of carbonyl (C=O) groups excluding carboxylic acids is 2. The molecule has 1 aliphatic rings. The average Bonchev–Trinajstić information content (AvgIpc) is 3.23. The molecule has 0 atom stereocenters. The van der Waals surface area contributed by atoms with E-state index in [1.54, 1.807) is 18.2 Å². The smallest absolute Gasteiger partial charge is 0.284 e. The number of primary amides is 1. The van der Waals surface area contributed by atoms with Crippen LogP contribution in [-0.2, 0) is 13.0 Å². The summed E-state index contributed by atoms with van der Waals surface area (Å²) in [6.07, 6.45) is 0.895. The van der Waals surface area contributed by atoms with Crippen LogP contribution >= 0.6 is 11.3 Å². The van der Waals surface area contributed by atoms with Gasteiger partial charge >= 0.3 is 0 Å². The molecule has 4 rings (SSSR count). The molecule has 0 saturated carbocycles. The van der Waals surface area contributed by atoms with Gasteiger partial charge in [0.05, 0.1) is 16.8 Å². The van der Waals surface area contributed by atoms with Crippen molar-refractivity contribution in [1.29, 1.82) is 0 Å². The Morgan fingerprint density at radius 1 is 1.38 bits per heavy atom. The van der Waals surface area contributed by atoms with Gasteiger partial charge in [-0.3, -0.25) is 19.8 Å². The molecule has 0 radical (unpaired) electrons. The number of nitrogens with two attached hydrogens (primary N) is 1. The molecule has 2 amide bonds. The van der Waals surface area contributed by atoms with Crippen molar-refractivity contribution in [3.05, 3.63) is 40.2 Å². The number of imidazole rings is 1. The summed E-state index contributed by atoms with van der Waals surface area (Å²) in [5, 5.41) is 3.44. The first kappa shape index (κ1) is 16.7. The highest BCUT2D eigenvalue weighted by molar-refractivity contribution is 7.15. The van der Waals surface area contributed by atoms with E-state index in [9.17, 15) is 9.59 Å². The molecular weight excluding hydrogens is 352 g/mol. The molecule has 1 aliphatic heterocycles. The number of amides is 2. The number of rotatable bonds is 4. The van der Waals surface area contributed by atoms with Crippen LogP contribution in [0.1, 0.15) is 38.5 Å². The largest absolute Gasteiger partial charge is 0.363 e. The molecule has 0 bridgehead atoms. The van der Waals surface area contributed by atoms with Gasteiger partial charge in [-0.1, -0.05) is 13.0 Å². The van der Waals surface area contributed by atoms with E-state index in [2.05, 4.69) is 32.1 Å². The first-order valence-electron chi connectivity index (χ1n) is 8.36. The number of thiazole rings is 1. The van der Waals surface area contributed by atoms with E-state index in [1.165, 1.54) is 16.2 Å². The first-order chi connectivity index (χ1) is 12.5. The zero-order valence-corrected chi connectivity index (χ0v) is 15.0. The van der Waals surface area contributed by atoms with E-state index < -0.39 is 5.91 Å². The van der Waals surface area contributed by atoms with Gasteiger partial charge in [-0.25, -0.2) is 9.97 Å². The number of likely N-dealkylation sites (N-methyl/N-ethyl adjacent to an activating group) is 1. The molecule has 0 aliphatic carbocycles. The van der Waals surface area contributed by atoms with E-state index in [1.807, 2.05) is 0 Å². The van der Waals surface area contributed by atoms with Gasteiger partial charge in [0.15, 0.2) is 11.0 Å². The fourth-order valence-electron chi connectivity index (χ4n) is 3.07. The van der Waals surface area contributed by atoms with E-state index in [0.29, 0.717) is 21.7 Å². The van der Waals surface area contributed by atoms with Gasteiger partial charge in [0, 0.05) is 24.4 Å². The van der Waals surface area contributed by atoms with Gasteiger partial charge < -0.3 is 10.7 Å². The van der Waals surface area contributed by atoms with Crippen LogP contribution in [0.25, 0.3) is 11.0 Å². The Kier molecular flexibility index (Phi) is 4.17. The summed E-state index contributed by atoms with van der Waals surface area (Å²) >= 11 is 1.51. The quantitative estimate of drug-likeness (QED) is 0.647. The molecule has 134 valence electrons. The van der Waals surface area contributed by atoms with Crippen molar-refractivity contribution in [2.24, 2.45) is 5.73 Å². The van der Waals surface area contributed by atoms with Crippen molar-refractivity contribution >= 4 is 39.3 Å². The van der Waals surface area contributed by atoms with E-state index in [0.717, 1.165) is 31.7 Å². The van der Waals surface area contributed by atoms with Crippen molar-refractivity contribution in [1.82, 2.24) is 19.9 Å². The number of nitrogens with one attached hydrogen (secondary N) is 2. The first-order valence-corrected chi connectivity index (χ1v) is 9.17. The van der Waals surface area contributed by atoms with Crippen LogP contribution in [0.5, 0.6) is 0 Å². The van der Waals surface area contributed by atoms with Gasteiger partial charge in [0.2, 0.25) is 0 Å². The number of carbonyl (C=O) groups is 2. The fraction of sp³-hybridized carbons (Fsp3) is 0.294. The minimum Gasteiger partial charge on any atom is -0.363 e. The monoisotopic (exact) mass is 370 g/mol. The van der Waals surface area contributed by atoms with Crippen molar-refractivity contribution in [3.8, 4) is 0 Å². The maximum Gasteiger partial charge on any atom is 0.284 e. The number of para-hydroxylation sites is 1. The van der Waals surface area contributed by atoms with E-state index >= 15 is 0 Å². The van der Waals surface area contributed by atoms with E-state index in [-0.39, 0.29) is 11.7 Å². The Morgan fingerprint density at radius 3 is 3.00 bits per heavy atom. The minimum atomic E-state index is -0.666. The van der Waals surface area contributed by atoms with Crippen LogP contribution in [0.2, 0.25) is 0 Å². The molecule has 8 nitrogen and oxygen atoms in total. The SMILES string of the molecule is CCN1CCc2nc(NC(=O)c3cccc4[nH]c(C(N)=O)nc34)sc2C1. The second-order valence-corrected chi connectivity index (χ2v) is 7.20. The maximum atomic E-state index is 12.7. The highest BCUT2D eigenvalue weighted by atomic mass is 32.1. The number of aromatic amines is 1. The lowest BCUT2D eigenvalue weighted by atomic mass is 10.1. The third-order valence-electron chi connectivity index (χ3n) is 4.47. The number of hydrogen-bond acceptors (Lipinski definition) is 6. The summed E-state index contributed by atoms with van der Waals surface area (Å²) in [5.74, 6) is -0.943. The van der Waals surface area contributed by atoms with Gasteiger partial charge in [-0.15, -0.1) is 11.3 Å². The molecule has 9 heteroatoms. The Bertz CT molecular complexity index is 1010. The molecule has 0 spiro atoms. The number of fused-ring (bicyclic) bond motifs is 2. The van der Waals surface area contributed by atoms with Crippen molar-refractivity contribution < 1.29 is 9.59 Å². The molecule has 0 saturated heterocycles. The molecule has 0 fully saturated rings. The van der Waals surface area contributed by atoms with Gasteiger partial charge in [0.25, 0.3) is 11.8 Å². The lowest BCUT2D eigenvalue weighted by molar-refractivity contribution is 0.0989. The van der Waals surface area contributed by atoms with Crippen molar-refractivity contribution in [3.63, 3.8) is 0 Å². The third-order valence-corrected chi connectivity index (χ3v) is 5.47. The highest BCUT2D eigenvalue weighted by Gasteiger charge is 2.21. The summed E-state index contributed by atoms with van der Waals surface area (Å²) in [6, 6.07) is 5.13. The molecule has 0 unspecified atom stereocenters. The molecular formula is C17H18N6O2S. The number of nitrogens with zero attached hydrogens (tertiary/aromatic N) is 3. The molecule has 26 heavy (non-hydrogen) atoms. The maximum absolute atomic E-state index is 12.7. The second-order valence-electron chi connectivity index (χ2n) is 6.11. The Labute approximate surface area is 153 Å². The molecule has 3 aromatic rings. The number of anilines is 1. The topological polar surface area (TPSA) is 117 Å². The number of aromatic nitrogens is 3. The lowest BCUT2D eigenvalue weighted by Gasteiger charge is -2.23. The zero-order chi connectivity index (χ0) is 18.3. The standard InChI is InChI=1S/C17H18N6O2S/c1-2-23-7-6-10-12(8-23)26-17(20-10)22-16(25)9-4-3-5-11-13(9)21-15(19-11)14(18)24/h3-5H,2,6-8H2,1H3,(H2,18,24)(H,19,21)(H,20,22,25). The van der Waals surface area contributed by atoms with Gasteiger partial charge in [-0.05, 0) is 18.7 Å². The van der Waals surface area contributed by atoms with Crippen LogP contribution in [0, 0.1) is 0 Å². The molecule has 2 aromatic heterocycles. The van der Waals surface area contributed by atoms with Crippen molar-refractivity contribution in [2.45, 2.75) is 19.9 Å². The van der Waals surface area contributed by atoms with Gasteiger partial charge in [0.1, 0.15) is 5.52 Å². The summed E-state index contributed by atoms with van der Waals surface area (Å²) in [7, 11) is 0. The number of benzene rings is 1. The van der Waals surface area contributed by atoms with Crippen LogP contribution in [0.3, 0.4) is 0 Å². The van der Waals surface area contributed by atoms with Crippen LogP contribution in [0.4, 0.5) is 5.13 Å². The predicted octanol–water partition coefficient (Wildman–Crippen LogP) is 1.75. The van der Waals surface area contributed by atoms with Crippen LogP contribution < -0.4 is 11.1 Å². The Hall–Kier alpha value is -2.78. The second kappa shape index (κ2) is 6.50. The Morgan fingerprint density at radius 2 is 2.23 bits per heavy atom. The number of hydrogen-bond donors (Lipinski definition) is 3. The Balaban J connectivity index is 1.60.